The third-order valence-electron chi connectivity index (χ3n) is 4.93. The highest BCUT2D eigenvalue weighted by molar-refractivity contribution is 6.31. The molecule has 1 saturated heterocycles. The average molecular weight is 415 g/mol. The first-order valence-corrected chi connectivity index (χ1v) is 10.1. The summed E-state index contributed by atoms with van der Waals surface area (Å²) in [7, 11) is 0. The van der Waals surface area contributed by atoms with Gasteiger partial charge in [-0.2, -0.15) is 0 Å². The van der Waals surface area contributed by atoms with Gasteiger partial charge in [0.25, 0.3) is 0 Å². The summed E-state index contributed by atoms with van der Waals surface area (Å²) in [6, 6.07) is 15.0. The number of halogens is 2. The van der Waals surface area contributed by atoms with Crippen molar-refractivity contribution < 1.29 is 4.79 Å². The number of likely N-dealkylation sites (tertiary alicyclic amines) is 1. The molecule has 0 bridgehead atoms. The van der Waals surface area contributed by atoms with Crippen molar-refractivity contribution in [1.82, 2.24) is 19.9 Å². The zero-order valence-electron chi connectivity index (χ0n) is 15.3. The first-order valence-electron chi connectivity index (χ1n) is 9.35. The summed E-state index contributed by atoms with van der Waals surface area (Å²) in [6.45, 7) is 1.76. The molecular weight excluding hydrogens is 395 g/mol. The maximum absolute atomic E-state index is 12.8. The van der Waals surface area contributed by atoms with Crippen LogP contribution in [0.5, 0.6) is 0 Å². The van der Waals surface area contributed by atoms with Crippen molar-refractivity contribution in [3.8, 4) is 22.5 Å². The average Bonchev–Trinajstić information content (AvgIpc) is 3.12. The van der Waals surface area contributed by atoms with Crippen LogP contribution in [-0.4, -0.2) is 38.9 Å². The summed E-state index contributed by atoms with van der Waals surface area (Å²) in [5, 5.41) is 9.90. The van der Waals surface area contributed by atoms with Gasteiger partial charge in [-0.1, -0.05) is 52.7 Å². The second-order valence-electron chi connectivity index (χ2n) is 6.91. The number of hydrogen-bond donors (Lipinski definition) is 0. The Balaban J connectivity index is 1.75. The van der Waals surface area contributed by atoms with E-state index in [0.717, 1.165) is 42.8 Å². The van der Waals surface area contributed by atoms with Crippen molar-refractivity contribution in [2.24, 2.45) is 0 Å². The molecule has 1 amide bonds. The highest BCUT2D eigenvalue weighted by Crippen LogP contribution is 2.32. The van der Waals surface area contributed by atoms with Crippen LogP contribution in [0.15, 0.2) is 48.5 Å². The van der Waals surface area contributed by atoms with E-state index in [1.165, 1.54) is 6.42 Å². The Hall–Kier alpha value is -2.37. The first-order chi connectivity index (χ1) is 13.6. The molecule has 1 aliphatic heterocycles. The second kappa shape index (κ2) is 8.33. The Labute approximate surface area is 173 Å². The molecule has 1 fully saturated rings. The van der Waals surface area contributed by atoms with E-state index in [0.29, 0.717) is 15.7 Å². The molecule has 0 N–H and O–H groups in total. The highest BCUT2D eigenvalue weighted by Gasteiger charge is 2.22. The minimum atomic E-state index is 0.0607. The topological polar surface area (TPSA) is 51.0 Å². The van der Waals surface area contributed by atoms with Crippen LogP contribution in [0.25, 0.3) is 22.5 Å². The Morgan fingerprint density at radius 2 is 1.57 bits per heavy atom. The molecule has 0 atom stereocenters. The molecule has 0 radical (unpaired) electrons. The minimum absolute atomic E-state index is 0.0607. The number of carbonyl (C=O) groups is 1. The maximum atomic E-state index is 12.8. The number of rotatable bonds is 4. The first kappa shape index (κ1) is 19.0. The molecule has 28 heavy (non-hydrogen) atoms. The van der Waals surface area contributed by atoms with E-state index < -0.39 is 0 Å². The van der Waals surface area contributed by atoms with Crippen molar-refractivity contribution in [3.05, 3.63) is 58.6 Å². The lowest BCUT2D eigenvalue weighted by molar-refractivity contribution is -0.132. The van der Waals surface area contributed by atoms with Crippen LogP contribution in [0.3, 0.4) is 0 Å². The summed E-state index contributed by atoms with van der Waals surface area (Å²) in [5.41, 5.74) is 3.14. The van der Waals surface area contributed by atoms with Gasteiger partial charge in [-0.3, -0.25) is 4.79 Å². The fraction of sp³-hybridized carbons (Fsp3) is 0.286. The summed E-state index contributed by atoms with van der Waals surface area (Å²) < 4.78 is 1.67. The normalized spacial score (nSPS) is 14.3. The molecule has 1 aliphatic rings. The van der Waals surface area contributed by atoms with Gasteiger partial charge in [-0.15, -0.1) is 5.10 Å². The fourth-order valence-corrected chi connectivity index (χ4v) is 3.93. The largest absolute Gasteiger partial charge is 0.341 e. The van der Waals surface area contributed by atoms with Crippen LogP contribution < -0.4 is 0 Å². The van der Waals surface area contributed by atoms with Gasteiger partial charge >= 0.3 is 0 Å². The van der Waals surface area contributed by atoms with Crippen molar-refractivity contribution in [3.63, 3.8) is 0 Å². The molecule has 0 aliphatic carbocycles. The number of piperidine rings is 1. The number of aromatic nitrogens is 3. The predicted molar refractivity (Wildman–Crippen MR) is 111 cm³/mol. The van der Waals surface area contributed by atoms with Gasteiger partial charge in [0.2, 0.25) is 5.91 Å². The van der Waals surface area contributed by atoms with Crippen molar-refractivity contribution >= 4 is 29.1 Å². The fourth-order valence-electron chi connectivity index (χ4n) is 3.55. The van der Waals surface area contributed by atoms with Gasteiger partial charge < -0.3 is 4.90 Å². The quantitative estimate of drug-likeness (QED) is 0.607. The molecule has 5 nitrogen and oxygen atoms in total. The van der Waals surface area contributed by atoms with Crippen LogP contribution in [0.1, 0.15) is 19.3 Å². The molecule has 2 aromatic carbocycles. The van der Waals surface area contributed by atoms with Crippen molar-refractivity contribution in [2.75, 3.05) is 13.1 Å². The minimum Gasteiger partial charge on any atom is -0.341 e. The Morgan fingerprint density at radius 3 is 2.25 bits per heavy atom. The van der Waals surface area contributed by atoms with Crippen molar-refractivity contribution in [2.45, 2.75) is 25.8 Å². The van der Waals surface area contributed by atoms with E-state index in [2.05, 4.69) is 10.3 Å². The summed E-state index contributed by atoms with van der Waals surface area (Å²) >= 11 is 12.4. The Bertz CT molecular complexity index is 996. The smallest absolute Gasteiger partial charge is 0.244 e. The van der Waals surface area contributed by atoms with E-state index in [-0.39, 0.29) is 12.5 Å². The van der Waals surface area contributed by atoms with E-state index in [1.807, 2.05) is 53.4 Å². The predicted octanol–water partition coefficient (Wildman–Crippen LogP) is 4.93. The highest BCUT2D eigenvalue weighted by atomic mass is 35.5. The molecule has 1 aromatic heterocycles. The SMILES string of the molecule is O=C(Cn1nnc(-c2cccc(Cl)c2)c1-c1cccc(Cl)c1)N1CCCCC1. The number of benzene rings is 2. The zero-order chi connectivity index (χ0) is 19.5. The van der Waals surface area contributed by atoms with Crippen LogP contribution in [0, 0.1) is 0 Å². The monoisotopic (exact) mass is 414 g/mol. The van der Waals surface area contributed by atoms with E-state index in [1.54, 1.807) is 4.68 Å². The van der Waals surface area contributed by atoms with Crippen LogP contribution in [-0.2, 0) is 11.3 Å². The molecule has 0 saturated carbocycles. The lowest BCUT2D eigenvalue weighted by Crippen LogP contribution is -2.38. The Morgan fingerprint density at radius 1 is 0.929 bits per heavy atom. The van der Waals surface area contributed by atoms with E-state index in [9.17, 15) is 4.79 Å². The van der Waals surface area contributed by atoms with Gasteiger partial charge in [0.1, 0.15) is 12.2 Å². The lowest BCUT2D eigenvalue weighted by Gasteiger charge is -2.26. The second-order valence-corrected chi connectivity index (χ2v) is 7.78. The third kappa shape index (κ3) is 4.05. The molecule has 144 valence electrons. The molecule has 7 heteroatoms. The summed E-state index contributed by atoms with van der Waals surface area (Å²) in [4.78, 5) is 14.7. The van der Waals surface area contributed by atoms with Crippen LogP contribution in [0.2, 0.25) is 10.0 Å². The van der Waals surface area contributed by atoms with Gasteiger partial charge in [0.05, 0.1) is 5.69 Å². The maximum Gasteiger partial charge on any atom is 0.244 e. The van der Waals surface area contributed by atoms with Gasteiger partial charge in [-0.25, -0.2) is 4.68 Å². The molecule has 3 aromatic rings. The third-order valence-corrected chi connectivity index (χ3v) is 5.40. The number of amides is 1. The number of nitrogens with zero attached hydrogens (tertiary/aromatic N) is 4. The lowest BCUT2D eigenvalue weighted by atomic mass is 10.0. The van der Waals surface area contributed by atoms with Gasteiger partial charge in [-0.05, 0) is 43.5 Å². The van der Waals surface area contributed by atoms with Gasteiger partial charge in [0.15, 0.2) is 0 Å². The summed E-state index contributed by atoms with van der Waals surface area (Å²) in [5.74, 6) is 0.0607. The molecule has 2 heterocycles. The van der Waals surface area contributed by atoms with E-state index in [4.69, 9.17) is 23.2 Å². The molecule has 0 spiro atoms. The number of carbonyl (C=O) groups excluding carboxylic acids is 1. The molecular formula is C21H20Cl2N4O. The molecule has 4 rings (SSSR count). The zero-order valence-corrected chi connectivity index (χ0v) is 16.8. The van der Waals surface area contributed by atoms with E-state index >= 15 is 0 Å². The number of hydrogen-bond acceptors (Lipinski definition) is 3. The van der Waals surface area contributed by atoms with Crippen LogP contribution in [0.4, 0.5) is 0 Å². The van der Waals surface area contributed by atoms with Crippen LogP contribution >= 0.6 is 23.2 Å². The summed E-state index contributed by atoms with van der Waals surface area (Å²) in [6.07, 6.45) is 3.29. The molecule has 0 unspecified atom stereocenters. The van der Waals surface area contributed by atoms with Crippen molar-refractivity contribution in [1.29, 1.82) is 0 Å². The standard InChI is InChI=1S/C21H20Cl2N4O/c22-17-8-4-6-15(12-17)20-21(16-7-5-9-18(23)13-16)27(25-24-20)14-19(28)26-10-2-1-3-11-26/h4-9,12-13H,1-3,10-11,14H2. The van der Waals surface area contributed by atoms with Gasteiger partial charge in [0, 0.05) is 34.3 Å². The Kier molecular flexibility index (Phi) is 5.64.